The van der Waals surface area contributed by atoms with Crippen LogP contribution in [0.4, 0.5) is 5.69 Å². The van der Waals surface area contributed by atoms with Gasteiger partial charge in [-0.1, -0.05) is 18.5 Å². The number of aromatic carboxylic acids is 1. The third-order valence-electron chi connectivity index (χ3n) is 2.98. The lowest BCUT2D eigenvalue weighted by Crippen LogP contribution is -2.43. The van der Waals surface area contributed by atoms with Gasteiger partial charge in [-0.2, -0.15) is 0 Å². The number of carboxylic acids is 1. The number of rotatable bonds is 2. The maximum Gasteiger partial charge on any atom is 0.337 e. The van der Waals surface area contributed by atoms with E-state index >= 15 is 0 Å². The summed E-state index contributed by atoms with van der Waals surface area (Å²) in [7, 11) is 0. The van der Waals surface area contributed by atoms with Crippen LogP contribution >= 0.6 is 11.6 Å². The van der Waals surface area contributed by atoms with E-state index in [2.05, 4.69) is 0 Å². The zero-order valence-electron chi connectivity index (χ0n) is 10.2. The van der Waals surface area contributed by atoms with E-state index in [0.29, 0.717) is 0 Å². The van der Waals surface area contributed by atoms with Gasteiger partial charge >= 0.3 is 5.97 Å². The molecule has 1 aromatic rings. The number of carbonyl (C=O) groups is 3. The molecule has 1 aromatic carbocycles. The molecule has 1 N–H and O–H groups in total. The number of imide groups is 1. The van der Waals surface area contributed by atoms with Crippen LogP contribution < -0.4 is 4.90 Å². The van der Waals surface area contributed by atoms with Gasteiger partial charge in [0.15, 0.2) is 0 Å². The highest BCUT2D eigenvalue weighted by Gasteiger charge is 2.33. The smallest absolute Gasteiger partial charge is 0.337 e. The van der Waals surface area contributed by atoms with Gasteiger partial charge in [-0.25, -0.2) is 9.69 Å². The van der Waals surface area contributed by atoms with Gasteiger partial charge in [0.25, 0.3) is 0 Å². The predicted molar refractivity (Wildman–Crippen MR) is 69.3 cm³/mol. The molecule has 0 unspecified atom stereocenters. The number of benzene rings is 1. The number of hydrogen-bond donors (Lipinski definition) is 1. The third kappa shape index (κ3) is 2.61. The minimum absolute atomic E-state index is 0.0243. The Morgan fingerprint density at radius 1 is 1.32 bits per heavy atom. The van der Waals surface area contributed by atoms with Crippen LogP contribution in [0, 0.1) is 5.92 Å². The van der Waals surface area contributed by atoms with Gasteiger partial charge in [-0.15, -0.1) is 0 Å². The Balaban J connectivity index is 2.51. The van der Waals surface area contributed by atoms with Crippen molar-refractivity contribution in [1.29, 1.82) is 0 Å². The molecular weight excluding hydrogens is 270 g/mol. The molecule has 2 rings (SSSR count). The van der Waals surface area contributed by atoms with Crippen molar-refractivity contribution in [3.8, 4) is 0 Å². The number of amides is 2. The summed E-state index contributed by atoms with van der Waals surface area (Å²) in [6.45, 7) is 1.81. The average Bonchev–Trinajstić information content (AvgIpc) is 2.27. The van der Waals surface area contributed by atoms with E-state index in [1.807, 2.05) is 6.92 Å². The molecule has 6 heteroatoms. The molecule has 5 nitrogen and oxygen atoms in total. The van der Waals surface area contributed by atoms with Crippen molar-refractivity contribution in [2.45, 2.75) is 19.8 Å². The van der Waals surface area contributed by atoms with Gasteiger partial charge in [0.05, 0.1) is 11.3 Å². The van der Waals surface area contributed by atoms with E-state index in [4.69, 9.17) is 16.7 Å². The lowest BCUT2D eigenvalue weighted by Gasteiger charge is -2.29. The second-order valence-electron chi connectivity index (χ2n) is 4.60. The lowest BCUT2D eigenvalue weighted by molar-refractivity contribution is -0.130. The molecule has 0 aliphatic carbocycles. The molecule has 1 fully saturated rings. The van der Waals surface area contributed by atoms with Crippen LogP contribution in [0.1, 0.15) is 30.1 Å². The van der Waals surface area contributed by atoms with Gasteiger partial charge in [-0.3, -0.25) is 9.59 Å². The molecule has 0 spiro atoms. The second kappa shape index (κ2) is 5.01. The first kappa shape index (κ1) is 13.5. The van der Waals surface area contributed by atoms with Crippen molar-refractivity contribution in [3.63, 3.8) is 0 Å². The zero-order chi connectivity index (χ0) is 14.2. The minimum atomic E-state index is -1.20. The standard InChI is InChI=1S/C13H12ClNO4/c1-7-4-11(16)15(12(17)5-7)10-6-8(14)2-3-9(10)13(18)19/h2-3,6-7H,4-5H2,1H3,(H,18,19). The average molecular weight is 282 g/mol. The summed E-state index contributed by atoms with van der Waals surface area (Å²) in [6.07, 6.45) is 0.439. The second-order valence-corrected chi connectivity index (χ2v) is 5.04. The number of hydrogen-bond acceptors (Lipinski definition) is 3. The van der Waals surface area contributed by atoms with Crippen LogP contribution in [0.3, 0.4) is 0 Å². The Hall–Kier alpha value is -1.88. The van der Waals surface area contributed by atoms with Crippen LogP contribution in [0.5, 0.6) is 0 Å². The molecule has 100 valence electrons. The first-order valence-electron chi connectivity index (χ1n) is 5.78. The summed E-state index contributed by atoms with van der Waals surface area (Å²) >= 11 is 5.82. The minimum Gasteiger partial charge on any atom is -0.478 e. The third-order valence-corrected chi connectivity index (χ3v) is 3.21. The van der Waals surface area contributed by atoms with Crippen molar-refractivity contribution in [3.05, 3.63) is 28.8 Å². The monoisotopic (exact) mass is 281 g/mol. The summed E-state index contributed by atoms with van der Waals surface area (Å²) in [5.41, 5.74) is -0.0671. The van der Waals surface area contributed by atoms with Gasteiger partial charge < -0.3 is 5.11 Å². The number of piperidine rings is 1. The maximum atomic E-state index is 12.0. The topological polar surface area (TPSA) is 74.7 Å². The van der Waals surface area contributed by atoms with E-state index in [9.17, 15) is 14.4 Å². The molecule has 1 aliphatic heterocycles. The van der Waals surface area contributed by atoms with Crippen LogP contribution in [0.15, 0.2) is 18.2 Å². The molecule has 1 saturated heterocycles. The summed E-state index contributed by atoms with van der Waals surface area (Å²) in [5, 5.41) is 9.40. The number of carboxylic acid groups (broad SMARTS) is 1. The Morgan fingerprint density at radius 3 is 2.42 bits per heavy atom. The lowest BCUT2D eigenvalue weighted by atomic mass is 9.96. The van der Waals surface area contributed by atoms with Gasteiger partial charge in [0.1, 0.15) is 0 Å². The van der Waals surface area contributed by atoms with Crippen molar-refractivity contribution in [1.82, 2.24) is 0 Å². The van der Waals surface area contributed by atoms with E-state index < -0.39 is 17.8 Å². The van der Waals surface area contributed by atoms with Crippen molar-refractivity contribution in [2.24, 2.45) is 5.92 Å². The van der Waals surface area contributed by atoms with E-state index in [1.165, 1.54) is 18.2 Å². The number of nitrogens with zero attached hydrogens (tertiary/aromatic N) is 1. The fourth-order valence-corrected chi connectivity index (χ4v) is 2.30. The number of halogens is 1. The van der Waals surface area contributed by atoms with E-state index in [1.54, 1.807) is 0 Å². The summed E-state index contributed by atoms with van der Waals surface area (Å²) in [5.74, 6) is -2.02. The fourth-order valence-electron chi connectivity index (χ4n) is 2.13. The largest absolute Gasteiger partial charge is 0.478 e. The summed E-state index contributed by atoms with van der Waals surface area (Å²) in [4.78, 5) is 36.0. The Morgan fingerprint density at radius 2 is 1.89 bits per heavy atom. The molecule has 0 saturated carbocycles. The first-order valence-corrected chi connectivity index (χ1v) is 6.16. The van der Waals surface area contributed by atoms with Crippen LogP contribution in [-0.4, -0.2) is 22.9 Å². The molecular formula is C13H12ClNO4. The van der Waals surface area contributed by atoms with Crippen molar-refractivity contribution >= 4 is 35.1 Å². The highest BCUT2D eigenvalue weighted by atomic mass is 35.5. The summed E-state index contributed by atoms with van der Waals surface area (Å²) < 4.78 is 0. The molecule has 2 amide bonds. The zero-order valence-corrected chi connectivity index (χ0v) is 11.0. The SMILES string of the molecule is CC1CC(=O)N(c2cc(Cl)ccc2C(=O)O)C(=O)C1. The number of carbonyl (C=O) groups excluding carboxylic acids is 2. The molecule has 1 aliphatic rings. The van der Waals surface area contributed by atoms with Crippen LogP contribution in [-0.2, 0) is 9.59 Å². The Bertz CT molecular complexity index is 552. The number of anilines is 1. The van der Waals surface area contributed by atoms with E-state index in [0.717, 1.165) is 4.90 Å². The van der Waals surface area contributed by atoms with Crippen LogP contribution in [0.25, 0.3) is 0 Å². The van der Waals surface area contributed by atoms with E-state index in [-0.39, 0.29) is 35.0 Å². The predicted octanol–water partition coefficient (Wildman–Crippen LogP) is 2.33. The highest BCUT2D eigenvalue weighted by Crippen LogP contribution is 2.30. The maximum absolute atomic E-state index is 12.0. The molecule has 0 bridgehead atoms. The normalized spacial score (nSPS) is 16.8. The van der Waals surface area contributed by atoms with Crippen LogP contribution in [0.2, 0.25) is 5.02 Å². The molecule has 19 heavy (non-hydrogen) atoms. The van der Waals surface area contributed by atoms with Crippen molar-refractivity contribution in [2.75, 3.05) is 4.90 Å². The molecule has 0 atom stereocenters. The molecule has 0 aromatic heterocycles. The van der Waals surface area contributed by atoms with Gasteiger partial charge in [-0.05, 0) is 24.1 Å². The van der Waals surface area contributed by atoms with Crippen molar-refractivity contribution < 1.29 is 19.5 Å². The van der Waals surface area contributed by atoms with Gasteiger partial charge in [0.2, 0.25) is 11.8 Å². The van der Waals surface area contributed by atoms with Gasteiger partial charge in [0, 0.05) is 17.9 Å². The Kier molecular flexibility index (Phi) is 3.57. The highest BCUT2D eigenvalue weighted by molar-refractivity contribution is 6.31. The Labute approximate surface area is 114 Å². The quantitative estimate of drug-likeness (QED) is 0.844. The fraction of sp³-hybridized carbons (Fsp3) is 0.308. The molecule has 0 radical (unpaired) electrons. The molecule has 1 heterocycles. The first-order chi connectivity index (χ1) is 8.90. The summed E-state index contributed by atoms with van der Waals surface area (Å²) in [6, 6.07) is 4.03.